The van der Waals surface area contributed by atoms with E-state index in [1.807, 2.05) is 4.90 Å². The molecule has 0 radical (unpaired) electrons. The Bertz CT molecular complexity index is 259. The van der Waals surface area contributed by atoms with E-state index in [-0.39, 0.29) is 5.91 Å². The van der Waals surface area contributed by atoms with Gasteiger partial charge in [-0.1, -0.05) is 12.8 Å². The Morgan fingerprint density at radius 1 is 1.11 bits per heavy atom. The molecule has 0 aliphatic carbocycles. The van der Waals surface area contributed by atoms with Crippen molar-refractivity contribution in [1.82, 2.24) is 9.80 Å². The Balaban J connectivity index is 2.21. The van der Waals surface area contributed by atoms with Crippen LogP contribution in [0.1, 0.15) is 46.5 Å². The van der Waals surface area contributed by atoms with Crippen LogP contribution in [-0.4, -0.2) is 61.1 Å². The Hall–Kier alpha value is -0.610. The summed E-state index contributed by atoms with van der Waals surface area (Å²) < 4.78 is 5.05. The number of unbranched alkanes of at least 4 members (excludes halogenated alkanes) is 3. The Kier molecular flexibility index (Phi) is 7.39. The fraction of sp³-hybridized carbons (Fsp3) is 0.933. The molecule has 1 heterocycles. The minimum atomic E-state index is 0.208. The van der Waals surface area contributed by atoms with Crippen LogP contribution in [0.25, 0.3) is 0 Å². The van der Waals surface area contributed by atoms with Gasteiger partial charge in [-0.2, -0.15) is 0 Å². The zero-order valence-electron chi connectivity index (χ0n) is 13.0. The number of carbonyl (C=O) groups excluding carboxylic acids is 1. The smallest absolute Gasteiger partial charge is 0.220 e. The molecule has 1 aliphatic rings. The van der Waals surface area contributed by atoms with E-state index in [1.165, 1.54) is 25.7 Å². The van der Waals surface area contributed by atoms with Crippen LogP contribution in [0, 0.1) is 0 Å². The highest BCUT2D eigenvalue weighted by Crippen LogP contribution is 2.16. The summed E-state index contributed by atoms with van der Waals surface area (Å²) in [5.74, 6) is 0.208. The molecule has 0 saturated carbocycles. The van der Waals surface area contributed by atoms with Gasteiger partial charge in [0.15, 0.2) is 0 Å². The van der Waals surface area contributed by atoms with Gasteiger partial charge >= 0.3 is 0 Å². The van der Waals surface area contributed by atoms with Crippen LogP contribution in [0.2, 0.25) is 0 Å². The zero-order valence-corrected chi connectivity index (χ0v) is 13.0. The standard InChI is InChI=1S/C15H30N2O2/c1-13-11-16(9-7-5-6-8-10-19-4)12-14(2)17(13)15(3)18/h13-14H,5-12H2,1-4H3. The molecule has 1 amide bonds. The summed E-state index contributed by atoms with van der Waals surface area (Å²) in [6, 6.07) is 0.685. The number of piperazine rings is 1. The van der Waals surface area contributed by atoms with Gasteiger partial charge in [-0.05, 0) is 33.2 Å². The van der Waals surface area contributed by atoms with E-state index in [2.05, 4.69) is 18.7 Å². The first-order valence-electron chi connectivity index (χ1n) is 7.56. The lowest BCUT2D eigenvalue weighted by Crippen LogP contribution is -2.58. The fourth-order valence-electron chi connectivity index (χ4n) is 3.17. The second-order valence-corrected chi connectivity index (χ2v) is 5.79. The van der Waals surface area contributed by atoms with Crippen molar-refractivity contribution in [2.75, 3.05) is 33.4 Å². The molecule has 2 unspecified atom stereocenters. The lowest BCUT2D eigenvalue weighted by atomic mass is 10.1. The van der Waals surface area contributed by atoms with E-state index in [4.69, 9.17) is 4.74 Å². The monoisotopic (exact) mass is 270 g/mol. The molecule has 4 heteroatoms. The van der Waals surface area contributed by atoms with Crippen molar-refractivity contribution in [2.45, 2.75) is 58.5 Å². The number of hydrogen-bond acceptors (Lipinski definition) is 3. The first kappa shape index (κ1) is 16.4. The van der Waals surface area contributed by atoms with Crippen molar-refractivity contribution >= 4 is 5.91 Å². The fourth-order valence-corrected chi connectivity index (χ4v) is 3.17. The topological polar surface area (TPSA) is 32.8 Å². The molecule has 0 aromatic rings. The van der Waals surface area contributed by atoms with Gasteiger partial charge in [-0.15, -0.1) is 0 Å². The molecule has 1 aliphatic heterocycles. The molecule has 0 aromatic heterocycles. The van der Waals surface area contributed by atoms with Crippen LogP contribution in [-0.2, 0) is 9.53 Å². The Morgan fingerprint density at radius 3 is 2.21 bits per heavy atom. The van der Waals surface area contributed by atoms with E-state index in [9.17, 15) is 4.79 Å². The average Bonchev–Trinajstić information content (AvgIpc) is 2.32. The summed E-state index contributed by atoms with van der Waals surface area (Å²) >= 11 is 0. The second-order valence-electron chi connectivity index (χ2n) is 5.79. The summed E-state index contributed by atoms with van der Waals surface area (Å²) in [6.45, 7) is 10.1. The van der Waals surface area contributed by atoms with Gasteiger partial charge in [0.2, 0.25) is 5.91 Å². The maximum atomic E-state index is 11.6. The summed E-state index contributed by atoms with van der Waals surface area (Å²) in [6.07, 6.45) is 4.95. The van der Waals surface area contributed by atoms with Crippen LogP contribution in [0.4, 0.5) is 0 Å². The molecule has 0 bridgehead atoms. The summed E-state index contributed by atoms with van der Waals surface area (Å²) in [5, 5.41) is 0. The third-order valence-electron chi connectivity index (χ3n) is 3.93. The van der Waals surface area contributed by atoms with E-state index in [0.717, 1.165) is 26.2 Å². The number of amides is 1. The van der Waals surface area contributed by atoms with Crippen LogP contribution in [0.15, 0.2) is 0 Å². The summed E-state index contributed by atoms with van der Waals surface area (Å²) in [7, 11) is 1.76. The highest BCUT2D eigenvalue weighted by atomic mass is 16.5. The number of rotatable bonds is 7. The lowest BCUT2D eigenvalue weighted by molar-refractivity contribution is -0.136. The van der Waals surface area contributed by atoms with Gasteiger partial charge in [0, 0.05) is 45.8 Å². The minimum Gasteiger partial charge on any atom is -0.385 e. The molecule has 112 valence electrons. The lowest BCUT2D eigenvalue weighted by Gasteiger charge is -2.44. The number of nitrogens with zero attached hydrogens (tertiary/aromatic N) is 2. The van der Waals surface area contributed by atoms with E-state index in [1.54, 1.807) is 14.0 Å². The van der Waals surface area contributed by atoms with Gasteiger partial charge < -0.3 is 9.64 Å². The average molecular weight is 270 g/mol. The van der Waals surface area contributed by atoms with Gasteiger partial charge in [0.05, 0.1) is 0 Å². The predicted molar refractivity (Wildman–Crippen MR) is 78.2 cm³/mol. The molecular weight excluding hydrogens is 240 g/mol. The van der Waals surface area contributed by atoms with Gasteiger partial charge in [0.25, 0.3) is 0 Å². The van der Waals surface area contributed by atoms with E-state index >= 15 is 0 Å². The number of hydrogen-bond donors (Lipinski definition) is 0. The van der Waals surface area contributed by atoms with Crippen LogP contribution in [0.3, 0.4) is 0 Å². The van der Waals surface area contributed by atoms with Crippen LogP contribution < -0.4 is 0 Å². The number of carbonyl (C=O) groups is 1. The molecule has 0 aromatic carbocycles. The second kappa shape index (κ2) is 8.54. The van der Waals surface area contributed by atoms with Crippen LogP contribution >= 0.6 is 0 Å². The molecule has 1 saturated heterocycles. The Labute approximate surface area is 118 Å². The molecule has 1 fully saturated rings. The van der Waals surface area contributed by atoms with Gasteiger partial charge in [-0.3, -0.25) is 9.69 Å². The molecule has 1 rings (SSSR count). The van der Waals surface area contributed by atoms with Gasteiger partial charge in [0.1, 0.15) is 0 Å². The number of methoxy groups -OCH3 is 1. The van der Waals surface area contributed by atoms with E-state index < -0.39 is 0 Å². The predicted octanol–water partition coefficient (Wildman–Crippen LogP) is 2.13. The van der Waals surface area contributed by atoms with Crippen molar-refractivity contribution in [2.24, 2.45) is 0 Å². The first-order chi connectivity index (χ1) is 9.06. The SMILES string of the molecule is COCCCCCCN1CC(C)N(C(C)=O)C(C)C1. The largest absolute Gasteiger partial charge is 0.385 e. The number of ether oxygens (including phenoxy) is 1. The normalized spacial score (nSPS) is 24.7. The summed E-state index contributed by atoms with van der Waals surface area (Å²) in [4.78, 5) is 16.1. The third-order valence-corrected chi connectivity index (χ3v) is 3.93. The molecule has 19 heavy (non-hydrogen) atoms. The Morgan fingerprint density at radius 2 is 1.68 bits per heavy atom. The highest BCUT2D eigenvalue weighted by molar-refractivity contribution is 5.74. The molecule has 2 atom stereocenters. The van der Waals surface area contributed by atoms with Crippen molar-refractivity contribution in [3.8, 4) is 0 Å². The summed E-state index contributed by atoms with van der Waals surface area (Å²) in [5.41, 5.74) is 0. The molecular formula is C15H30N2O2. The first-order valence-corrected chi connectivity index (χ1v) is 7.56. The van der Waals surface area contributed by atoms with Crippen molar-refractivity contribution < 1.29 is 9.53 Å². The van der Waals surface area contributed by atoms with Crippen molar-refractivity contribution in [1.29, 1.82) is 0 Å². The molecule has 0 N–H and O–H groups in total. The van der Waals surface area contributed by atoms with Crippen LogP contribution in [0.5, 0.6) is 0 Å². The quantitative estimate of drug-likeness (QED) is 0.664. The van der Waals surface area contributed by atoms with Gasteiger partial charge in [-0.25, -0.2) is 0 Å². The zero-order chi connectivity index (χ0) is 14.3. The maximum Gasteiger partial charge on any atom is 0.220 e. The van der Waals surface area contributed by atoms with E-state index in [0.29, 0.717) is 12.1 Å². The minimum absolute atomic E-state index is 0.208. The molecule has 0 spiro atoms. The van der Waals surface area contributed by atoms with Crippen molar-refractivity contribution in [3.63, 3.8) is 0 Å². The third kappa shape index (κ3) is 5.49. The molecule has 4 nitrogen and oxygen atoms in total. The highest BCUT2D eigenvalue weighted by Gasteiger charge is 2.30. The maximum absolute atomic E-state index is 11.6. The van der Waals surface area contributed by atoms with Crippen molar-refractivity contribution in [3.05, 3.63) is 0 Å².